The molecule has 1 rings (SSSR count). The molecule has 0 bridgehead atoms. The van der Waals surface area contributed by atoms with Gasteiger partial charge in [-0.05, 0) is 13.8 Å². The SMILES string of the molecule is CCN(CC)c1nc([N+](C)(C)C)nc([N+](C)(C)C)n1. The number of anilines is 1. The molecule has 0 aliphatic rings. The zero-order chi connectivity index (χ0) is 14.8. The minimum Gasteiger partial charge on any atom is -0.341 e. The Labute approximate surface area is 116 Å². The zero-order valence-electron chi connectivity index (χ0n) is 13.6. The van der Waals surface area contributed by atoms with Crippen molar-refractivity contribution in [1.29, 1.82) is 0 Å². The number of hydrogen-bond donors (Lipinski definition) is 0. The predicted octanol–water partition coefficient (Wildman–Crippen LogP) is 1.11. The molecule has 0 aliphatic carbocycles. The van der Waals surface area contributed by atoms with E-state index in [0.29, 0.717) is 8.97 Å². The fraction of sp³-hybridized carbons (Fsp3) is 0.769. The third-order valence-corrected chi connectivity index (χ3v) is 2.85. The Morgan fingerprint density at radius 3 is 1.37 bits per heavy atom. The number of aromatic nitrogens is 3. The van der Waals surface area contributed by atoms with Gasteiger partial charge in [0.05, 0.1) is 42.3 Å². The van der Waals surface area contributed by atoms with E-state index in [2.05, 4.69) is 76.0 Å². The van der Waals surface area contributed by atoms with Crippen molar-refractivity contribution >= 4 is 17.8 Å². The lowest BCUT2D eigenvalue weighted by molar-refractivity contribution is 0.427. The maximum Gasteiger partial charge on any atom is 0.338 e. The highest BCUT2D eigenvalue weighted by Gasteiger charge is 2.27. The van der Waals surface area contributed by atoms with Crippen molar-refractivity contribution in [2.75, 3.05) is 60.3 Å². The molecule has 0 aliphatic heterocycles. The van der Waals surface area contributed by atoms with Crippen LogP contribution in [0.2, 0.25) is 0 Å². The Morgan fingerprint density at radius 2 is 1.11 bits per heavy atom. The smallest absolute Gasteiger partial charge is 0.338 e. The summed E-state index contributed by atoms with van der Waals surface area (Å²) in [5.41, 5.74) is 0. The van der Waals surface area contributed by atoms with E-state index < -0.39 is 0 Å². The van der Waals surface area contributed by atoms with E-state index in [9.17, 15) is 0 Å². The normalized spacial score (nSPS) is 12.6. The van der Waals surface area contributed by atoms with Gasteiger partial charge in [-0.25, -0.2) is 0 Å². The maximum atomic E-state index is 4.63. The van der Waals surface area contributed by atoms with Crippen LogP contribution in [0.3, 0.4) is 0 Å². The first kappa shape index (κ1) is 15.8. The van der Waals surface area contributed by atoms with Gasteiger partial charge in [0.2, 0.25) is 5.95 Å². The lowest BCUT2D eigenvalue weighted by Gasteiger charge is -2.27. The third kappa shape index (κ3) is 3.84. The minimum atomic E-state index is 0.587. The Balaban J connectivity index is 3.41. The van der Waals surface area contributed by atoms with Crippen LogP contribution >= 0.6 is 0 Å². The second-order valence-electron chi connectivity index (χ2n) is 6.43. The van der Waals surface area contributed by atoms with Gasteiger partial charge in [0, 0.05) is 13.1 Å². The molecule has 0 aromatic carbocycles. The highest BCUT2D eigenvalue weighted by atomic mass is 15.5. The first-order valence-corrected chi connectivity index (χ1v) is 6.74. The summed E-state index contributed by atoms with van der Waals surface area (Å²) < 4.78 is 1.17. The summed E-state index contributed by atoms with van der Waals surface area (Å²) in [5, 5.41) is 0. The maximum absolute atomic E-state index is 4.63. The zero-order valence-corrected chi connectivity index (χ0v) is 13.6. The fourth-order valence-electron chi connectivity index (χ4n) is 1.59. The van der Waals surface area contributed by atoms with Crippen molar-refractivity contribution in [3.63, 3.8) is 0 Å². The monoisotopic (exact) mass is 268 g/mol. The van der Waals surface area contributed by atoms with E-state index in [1.54, 1.807) is 0 Å². The van der Waals surface area contributed by atoms with Crippen LogP contribution in [-0.2, 0) is 0 Å². The number of nitrogens with zero attached hydrogens (tertiary/aromatic N) is 6. The Hall–Kier alpha value is -1.27. The molecule has 0 saturated carbocycles. The average molecular weight is 268 g/mol. The van der Waals surface area contributed by atoms with E-state index in [1.807, 2.05) is 0 Å². The second-order valence-corrected chi connectivity index (χ2v) is 6.43. The van der Waals surface area contributed by atoms with E-state index in [0.717, 1.165) is 30.9 Å². The summed E-state index contributed by atoms with van der Waals surface area (Å²) in [6.07, 6.45) is 0. The molecule has 0 amide bonds. The molecule has 6 nitrogen and oxygen atoms in total. The molecular weight excluding hydrogens is 240 g/mol. The molecule has 1 aromatic rings. The summed E-state index contributed by atoms with van der Waals surface area (Å²) in [6, 6.07) is 0. The highest BCUT2D eigenvalue weighted by Crippen LogP contribution is 2.21. The average Bonchev–Trinajstić information content (AvgIpc) is 2.28. The summed E-state index contributed by atoms with van der Waals surface area (Å²) >= 11 is 0. The van der Waals surface area contributed by atoms with Gasteiger partial charge >= 0.3 is 11.9 Å². The minimum absolute atomic E-state index is 0.587. The first-order chi connectivity index (χ1) is 8.59. The molecule has 0 spiro atoms. The van der Waals surface area contributed by atoms with E-state index in [1.165, 1.54) is 0 Å². The van der Waals surface area contributed by atoms with Crippen LogP contribution in [0, 0.1) is 0 Å². The lowest BCUT2D eigenvalue weighted by atomic mass is 10.5. The van der Waals surface area contributed by atoms with Crippen molar-refractivity contribution in [3.05, 3.63) is 0 Å². The van der Waals surface area contributed by atoms with Crippen LogP contribution in [0.5, 0.6) is 0 Å². The molecule has 1 heterocycles. The van der Waals surface area contributed by atoms with Gasteiger partial charge in [0.25, 0.3) is 0 Å². The van der Waals surface area contributed by atoms with Crippen LogP contribution < -0.4 is 13.9 Å². The fourth-order valence-corrected chi connectivity index (χ4v) is 1.59. The molecule has 0 saturated heterocycles. The third-order valence-electron chi connectivity index (χ3n) is 2.85. The van der Waals surface area contributed by atoms with Crippen LogP contribution in [-0.4, -0.2) is 70.3 Å². The van der Waals surface area contributed by atoms with Crippen LogP contribution in [0.4, 0.5) is 17.8 Å². The standard InChI is InChI=1S/C13H28N6/c1-9-17(10-2)11-14-12(18(3,4)5)16-13(15-11)19(6,7)8/h9-10H2,1-8H3/q+2. The predicted molar refractivity (Wildman–Crippen MR) is 82.5 cm³/mol. The van der Waals surface area contributed by atoms with E-state index >= 15 is 0 Å². The highest BCUT2D eigenvalue weighted by molar-refractivity contribution is 5.42. The summed E-state index contributed by atoms with van der Waals surface area (Å²) in [7, 11) is 12.4. The van der Waals surface area contributed by atoms with Crippen LogP contribution in [0.15, 0.2) is 0 Å². The molecular formula is C13H28N6+2. The van der Waals surface area contributed by atoms with E-state index in [4.69, 9.17) is 0 Å². The van der Waals surface area contributed by atoms with Crippen molar-refractivity contribution in [3.8, 4) is 0 Å². The molecule has 0 unspecified atom stereocenters. The Bertz CT molecular complexity index is 393. The van der Waals surface area contributed by atoms with Crippen molar-refractivity contribution < 1.29 is 0 Å². The van der Waals surface area contributed by atoms with Gasteiger partial charge in [0.1, 0.15) is 0 Å². The quantitative estimate of drug-likeness (QED) is 0.750. The first-order valence-electron chi connectivity index (χ1n) is 6.74. The van der Waals surface area contributed by atoms with Gasteiger partial charge < -0.3 is 4.90 Å². The number of hydrogen-bond acceptors (Lipinski definition) is 4. The molecule has 0 fully saturated rings. The number of quaternary nitrogens is 2. The largest absolute Gasteiger partial charge is 0.341 e. The van der Waals surface area contributed by atoms with Gasteiger partial charge in [-0.15, -0.1) is 15.0 Å². The van der Waals surface area contributed by atoms with Gasteiger partial charge in [-0.1, -0.05) is 0 Å². The number of rotatable bonds is 5. The molecule has 0 N–H and O–H groups in total. The summed E-state index contributed by atoms with van der Waals surface area (Å²) in [4.78, 5) is 16.0. The van der Waals surface area contributed by atoms with Crippen molar-refractivity contribution in [2.24, 2.45) is 0 Å². The lowest BCUT2D eigenvalue weighted by Crippen LogP contribution is -2.41. The summed E-state index contributed by atoms with van der Waals surface area (Å²) in [6.45, 7) is 6.02. The molecule has 1 aromatic heterocycles. The molecule has 108 valence electrons. The Kier molecular flexibility index (Phi) is 4.47. The second kappa shape index (κ2) is 5.38. The van der Waals surface area contributed by atoms with Crippen molar-refractivity contribution in [1.82, 2.24) is 23.9 Å². The van der Waals surface area contributed by atoms with Gasteiger partial charge in [0.15, 0.2) is 0 Å². The molecule has 0 radical (unpaired) electrons. The van der Waals surface area contributed by atoms with Gasteiger partial charge in [-0.3, -0.25) is 8.97 Å². The van der Waals surface area contributed by atoms with Crippen LogP contribution in [0.25, 0.3) is 0 Å². The Morgan fingerprint density at radius 1 is 0.737 bits per heavy atom. The topological polar surface area (TPSA) is 41.9 Å². The van der Waals surface area contributed by atoms with Crippen LogP contribution in [0.1, 0.15) is 13.8 Å². The van der Waals surface area contributed by atoms with Gasteiger partial charge in [-0.2, -0.15) is 0 Å². The molecule has 19 heavy (non-hydrogen) atoms. The molecule has 0 atom stereocenters. The molecule has 6 heteroatoms. The van der Waals surface area contributed by atoms with E-state index in [-0.39, 0.29) is 0 Å². The summed E-state index contributed by atoms with van der Waals surface area (Å²) in [5.74, 6) is 2.35. The van der Waals surface area contributed by atoms with Crippen molar-refractivity contribution in [2.45, 2.75) is 13.8 Å².